The molecule has 0 atom stereocenters. The number of benzene rings is 1. The Balaban J connectivity index is 2.35. The lowest BCUT2D eigenvalue weighted by Crippen LogP contribution is -2.23. The number of nitrogens with two attached hydrogens (primary N) is 1. The molecule has 3 heteroatoms. The van der Waals surface area contributed by atoms with Gasteiger partial charge >= 0.3 is 0 Å². The molecule has 0 bridgehead atoms. The summed E-state index contributed by atoms with van der Waals surface area (Å²) in [6.45, 7) is 5.29. The average molecular weight is 208 g/mol. The number of anilines is 1. The third kappa shape index (κ3) is 4.21. The molecule has 84 valence electrons. The summed E-state index contributed by atoms with van der Waals surface area (Å²) >= 11 is 0. The van der Waals surface area contributed by atoms with E-state index in [1.807, 2.05) is 12.1 Å². The predicted octanol–water partition coefficient (Wildman–Crippen LogP) is 1.90. The van der Waals surface area contributed by atoms with Crippen molar-refractivity contribution >= 4 is 5.69 Å². The minimum Gasteiger partial charge on any atom is -0.506 e. The summed E-state index contributed by atoms with van der Waals surface area (Å²) in [5.41, 5.74) is 7.25. The van der Waals surface area contributed by atoms with Crippen LogP contribution in [0.2, 0.25) is 0 Å². The van der Waals surface area contributed by atoms with Crippen LogP contribution in [0.4, 0.5) is 5.69 Å². The molecular weight excluding hydrogens is 188 g/mol. The van der Waals surface area contributed by atoms with Crippen LogP contribution < -0.4 is 11.1 Å². The highest BCUT2D eigenvalue weighted by Crippen LogP contribution is 2.20. The Kier molecular flexibility index (Phi) is 4.43. The molecule has 1 aromatic carbocycles. The number of hydrogen-bond acceptors (Lipinski definition) is 3. The van der Waals surface area contributed by atoms with Gasteiger partial charge in [-0.25, -0.2) is 0 Å². The molecule has 0 aliphatic carbocycles. The van der Waals surface area contributed by atoms with Crippen LogP contribution in [0, 0.1) is 0 Å². The van der Waals surface area contributed by atoms with Crippen LogP contribution in [0.15, 0.2) is 18.2 Å². The van der Waals surface area contributed by atoms with Gasteiger partial charge in [-0.15, -0.1) is 0 Å². The Morgan fingerprint density at radius 3 is 2.73 bits per heavy atom. The summed E-state index contributed by atoms with van der Waals surface area (Å²) in [5.74, 6) is 0.166. The van der Waals surface area contributed by atoms with E-state index in [2.05, 4.69) is 19.2 Å². The highest BCUT2D eigenvalue weighted by atomic mass is 16.3. The number of phenols is 1. The Labute approximate surface area is 91.3 Å². The number of nitrogens with one attached hydrogen (secondary N) is 1. The Morgan fingerprint density at radius 1 is 1.40 bits per heavy atom. The zero-order chi connectivity index (χ0) is 11.3. The maximum atomic E-state index is 9.25. The van der Waals surface area contributed by atoms with Crippen LogP contribution in [0.5, 0.6) is 5.75 Å². The summed E-state index contributed by atoms with van der Waals surface area (Å²) in [4.78, 5) is 0. The molecule has 0 aromatic heterocycles. The fourth-order valence-electron chi connectivity index (χ4n) is 1.44. The number of aryl methyl sites for hydroxylation is 1. The van der Waals surface area contributed by atoms with E-state index in [0.717, 1.165) is 19.4 Å². The van der Waals surface area contributed by atoms with Crippen LogP contribution in [0.1, 0.15) is 25.8 Å². The third-order valence-corrected chi connectivity index (χ3v) is 2.29. The first kappa shape index (κ1) is 11.9. The molecule has 0 unspecified atom stereocenters. The largest absolute Gasteiger partial charge is 0.506 e. The molecule has 3 nitrogen and oxygen atoms in total. The molecule has 0 heterocycles. The molecule has 1 aromatic rings. The quantitative estimate of drug-likeness (QED) is 0.393. The van der Waals surface area contributed by atoms with E-state index in [4.69, 9.17) is 5.73 Å². The molecule has 15 heavy (non-hydrogen) atoms. The molecule has 0 saturated carbocycles. The Hall–Kier alpha value is -1.22. The first-order valence-corrected chi connectivity index (χ1v) is 5.40. The Bertz CT molecular complexity index is 310. The second kappa shape index (κ2) is 5.61. The minimum absolute atomic E-state index is 0.166. The maximum Gasteiger partial charge on any atom is 0.138 e. The lowest BCUT2D eigenvalue weighted by Gasteiger charge is -2.08. The van der Waals surface area contributed by atoms with Gasteiger partial charge in [-0.05, 0) is 37.1 Å². The summed E-state index contributed by atoms with van der Waals surface area (Å²) in [6, 6.07) is 5.95. The highest BCUT2D eigenvalue weighted by Gasteiger charge is 1.99. The van der Waals surface area contributed by atoms with Crippen molar-refractivity contribution in [2.45, 2.75) is 32.7 Å². The number of nitrogen functional groups attached to an aromatic ring is 1. The molecule has 0 aliphatic heterocycles. The first-order chi connectivity index (χ1) is 7.09. The van der Waals surface area contributed by atoms with Crippen molar-refractivity contribution in [2.24, 2.45) is 0 Å². The fourth-order valence-corrected chi connectivity index (χ4v) is 1.44. The van der Waals surface area contributed by atoms with Crippen molar-refractivity contribution < 1.29 is 5.11 Å². The van der Waals surface area contributed by atoms with Gasteiger partial charge in [0, 0.05) is 6.04 Å². The van der Waals surface area contributed by atoms with Crippen molar-refractivity contribution in [2.75, 3.05) is 12.3 Å². The van der Waals surface area contributed by atoms with Gasteiger partial charge in [0.05, 0.1) is 5.69 Å². The molecule has 0 spiro atoms. The summed E-state index contributed by atoms with van der Waals surface area (Å²) in [6.07, 6.45) is 2.08. The zero-order valence-electron chi connectivity index (χ0n) is 9.46. The van der Waals surface area contributed by atoms with Gasteiger partial charge in [-0.3, -0.25) is 0 Å². The average Bonchev–Trinajstić information content (AvgIpc) is 2.18. The smallest absolute Gasteiger partial charge is 0.138 e. The van der Waals surface area contributed by atoms with Crippen molar-refractivity contribution in [3.63, 3.8) is 0 Å². The van der Waals surface area contributed by atoms with Gasteiger partial charge < -0.3 is 16.2 Å². The third-order valence-electron chi connectivity index (χ3n) is 2.29. The number of phenolic OH excluding ortho intramolecular Hbond substituents is 1. The van der Waals surface area contributed by atoms with Gasteiger partial charge in [0.1, 0.15) is 5.75 Å². The van der Waals surface area contributed by atoms with Crippen LogP contribution in [-0.4, -0.2) is 17.7 Å². The van der Waals surface area contributed by atoms with E-state index in [1.165, 1.54) is 5.56 Å². The van der Waals surface area contributed by atoms with Gasteiger partial charge in [0.15, 0.2) is 0 Å². The standard InChI is InChI=1S/C12H20N2O/c1-9(2)14-7-3-4-10-5-6-12(15)11(13)8-10/h5-6,8-9,14-15H,3-4,7,13H2,1-2H3. The molecule has 0 radical (unpaired) electrons. The molecule has 1 rings (SSSR count). The van der Waals surface area contributed by atoms with Gasteiger partial charge in [0.2, 0.25) is 0 Å². The molecule has 0 aliphatic rings. The number of rotatable bonds is 5. The van der Waals surface area contributed by atoms with Crippen LogP contribution in [0.25, 0.3) is 0 Å². The summed E-state index contributed by atoms with van der Waals surface area (Å²) in [5, 5.41) is 12.6. The molecule has 0 saturated heterocycles. The lowest BCUT2D eigenvalue weighted by atomic mass is 10.1. The van der Waals surface area contributed by atoms with Gasteiger partial charge in [-0.1, -0.05) is 19.9 Å². The van der Waals surface area contributed by atoms with Crippen molar-refractivity contribution in [1.82, 2.24) is 5.32 Å². The van der Waals surface area contributed by atoms with Crippen LogP contribution >= 0.6 is 0 Å². The second-order valence-electron chi connectivity index (χ2n) is 4.11. The fraction of sp³-hybridized carbons (Fsp3) is 0.500. The van der Waals surface area contributed by atoms with Gasteiger partial charge in [-0.2, -0.15) is 0 Å². The lowest BCUT2D eigenvalue weighted by molar-refractivity contribution is 0.477. The van der Waals surface area contributed by atoms with E-state index in [9.17, 15) is 5.11 Å². The van der Waals surface area contributed by atoms with Crippen LogP contribution in [-0.2, 0) is 6.42 Å². The van der Waals surface area contributed by atoms with Crippen molar-refractivity contribution in [3.8, 4) is 5.75 Å². The summed E-state index contributed by atoms with van der Waals surface area (Å²) in [7, 11) is 0. The van der Waals surface area contributed by atoms with Crippen molar-refractivity contribution in [1.29, 1.82) is 0 Å². The molecular formula is C12H20N2O. The Morgan fingerprint density at radius 2 is 2.13 bits per heavy atom. The van der Waals surface area contributed by atoms with Crippen LogP contribution in [0.3, 0.4) is 0 Å². The van der Waals surface area contributed by atoms with E-state index < -0.39 is 0 Å². The minimum atomic E-state index is 0.166. The first-order valence-electron chi connectivity index (χ1n) is 5.40. The van der Waals surface area contributed by atoms with E-state index in [1.54, 1.807) is 6.07 Å². The normalized spacial score (nSPS) is 10.9. The molecule has 0 fully saturated rings. The molecule has 4 N–H and O–H groups in total. The monoisotopic (exact) mass is 208 g/mol. The summed E-state index contributed by atoms with van der Waals surface area (Å²) < 4.78 is 0. The van der Waals surface area contributed by atoms with E-state index in [0.29, 0.717) is 11.7 Å². The zero-order valence-corrected chi connectivity index (χ0v) is 9.46. The highest BCUT2D eigenvalue weighted by molar-refractivity contribution is 5.53. The SMILES string of the molecule is CC(C)NCCCc1ccc(O)c(N)c1. The topological polar surface area (TPSA) is 58.3 Å². The number of aromatic hydroxyl groups is 1. The second-order valence-corrected chi connectivity index (χ2v) is 4.11. The van der Waals surface area contributed by atoms with Crippen molar-refractivity contribution in [3.05, 3.63) is 23.8 Å². The van der Waals surface area contributed by atoms with E-state index in [-0.39, 0.29) is 5.75 Å². The maximum absolute atomic E-state index is 9.25. The number of hydrogen-bond donors (Lipinski definition) is 3. The molecule has 0 amide bonds. The van der Waals surface area contributed by atoms with E-state index >= 15 is 0 Å². The van der Waals surface area contributed by atoms with Gasteiger partial charge in [0.25, 0.3) is 0 Å². The predicted molar refractivity (Wildman–Crippen MR) is 64.0 cm³/mol.